The van der Waals surface area contributed by atoms with Gasteiger partial charge in [-0.2, -0.15) is 5.10 Å². The SMILES string of the molecule is Cc1cccc(N2CCN(CCCCn3ncc(=O)n(C)c3=O)CC2)n1. The summed E-state index contributed by atoms with van der Waals surface area (Å²) in [5.74, 6) is 1.06. The molecule has 140 valence electrons. The number of unbranched alkanes of at least 4 members (excludes halogenated alkanes) is 1. The van der Waals surface area contributed by atoms with Gasteiger partial charge < -0.3 is 4.90 Å². The van der Waals surface area contributed by atoms with E-state index in [0.29, 0.717) is 6.54 Å². The van der Waals surface area contributed by atoms with Gasteiger partial charge >= 0.3 is 5.69 Å². The third-order valence-corrected chi connectivity index (χ3v) is 4.81. The van der Waals surface area contributed by atoms with Gasteiger partial charge in [0, 0.05) is 45.5 Å². The third-order valence-electron chi connectivity index (χ3n) is 4.81. The Kier molecular flexibility index (Phi) is 5.82. The lowest BCUT2D eigenvalue weighted by atomic mass is 10.2. The molecule has 1 fully saturated rings. The molecular formula is C18H26N6O2. The lowest BCUT2D eigenvalue weighted by Crippen LogP contribution is -2.47. The van der Waals surface area contributed by atoms with Crippen molar-refractivity contribution in [1.29, 1.82) is 0 Å². The van der Waals surface area contributed by atoms with Crippen molar-refractivity contribution in [2.75, 3.05) is 37.6 Å². The molecule has 1 saturated heterocycles. The van der Waals surface area contributed by atoms with Gasteiger partial charge in [0.25, 0.3) is 5.56 Å². The highest BCUT2D eigenvalue weighted by atomic mass is 16.2. The first-order valence-electron chi connectivity index (χ1n) is 9.09. The maximum Gasteiger partial charge on any atom is 0.347 e. The number of aryl methyl sites for hydroxylation is 2. The second kappa shape index (κ2) is 8.27. The molecule has 0 bridgehead atoms. The predicted molar refractivity (Wildman–Crippen MR) is 101 cm³/mol. The molecule has 1 aliphatic rings. The second-order valence-electron chi connectivity index (χ2n) is 6.72. The fraction of sp³-hybridized carbons (Fsp3) is 0.556. The number of aromatic nitrogens is 4. The summed E-state index contributed by atoms with van der Waals surface area (Å²) in [6.45, 7) is 7.58. The molecule has 2 aromatic rings. The molecule has 0 aliphatic carbocycles. The van der Waals surface area contributed by atoms with Crippen molar-refractivity contribution in [3.05, 3.63) is 50.9 Å². The highest BCUT2D eigenvalue weighted by Crippen LogP contribution is 2.14. The van der Waals surface area contributed by atoms with Crippen molar-refractivity contribution in [2.45, 2.75) is 26.3 Å². The number of anilines is 1. The van der Waals surface area contributed by atoms with E-state index in [1.54, 1.807) is 0 Å². The monoisotopic (exact) mass is 358 g/mol. The molecule has 8 nitrogen and oxygen atoms in total. The fourth-order valence-corrected chi connectivity index (χ4v) is 3.18. The molecule has 0 radical (unpaired) electrons. The number of rotatable bonds is 6. The van der Waals surface area contributed by atoms with Crippen LogP contribution < -0.4 is 16.1 Å². The summed E-state index contributed by atoms with van der Waals surface area (Å²) in [4.78, 5) is 32.6. The average molecular weight is 358 g/mol. The van der Waals surface area contributed by atoms with Crippen LogP contribution in [0.25, 0.3) is 0 Å². The number of hydrogen-bond donors (Lipinski definition) is 0. The molecule has 3 heterocycles. The number of piperazine rings is 1. The Morgan fingerprint density at radius 3 is 2.50 bits per heavy atom. The molecule has 1 aliphatic heterocycles. The molecule has 0 N–H and O–H groups in total. The summed E-state index contributed by atoms with van der Waals surface area (Å²) in [5.41, 5.74) is 0.330. The van der Waals surface area contributed by atoms with Crippen molar-refractivity contribution in [3.63, 3.8) is 0 Å². The minimum atomic E-state index is -0.368. The molecule has 0 aromatic carbocycles. The van der Waals surface area contributed by atoms with Crippen LogP contribution in [0.2, 0.25) is 0 Å². The van der Waals surface area contributed by atoms with Crippen LogP contribution in [0.1, 0.15) is 18.5 Å². The van der Waals surface area contributed by atoms with Gasteiger partial charge in [0.05, 0.1) is 0 Å². The first-order valence-corrected chi connectivity index (χ1v) is 9.09. The minimum absolute atomic E-state index is 0.350. The Morgan fingerprint density at radius 1 is 1.04 bits per heavy atom. The van der Waals surface area contributed by atoms with Crippen LogP contribution in [0.15, 0.2) is 34.0 Å². The second-order valence-corrected chi connectivity index (χ2v) is 6.72. The molecule has 2 aromatic heterocycles. The van der Waals surface area contributed by atoms with Crippen LogP contribution in [0.4, 0.5) is 5.82 Å². The van der Waals surface area contributed by atoms with E-state index in [2.05, 4.69) is 32.0 Å². The average Bonchev–Trinajstić information content (AvgIpc) is 2.65. The first-order chi connectivity index (χ1) is 12.5. The van der Waals surface area contributed by atoms with Gasteiger partial charge in [-0.15, -0.1) is 0 Å². The van der Waals surface area contributed by atoms with Crippen molar-refractivity contribution >= 4 is 5.82 Å². The predicted octanol–water partition coefficient (Wildman–Crippen LogP) is 0.248. The molecule has 8 heteroatoms. The molecule has 0 amide bonds. The maximum absolute atomic E-state index is 11.9. The first kappa shape index (κ1) is 18.3. The summed E-state index contributed by atoms with van der Waals surface area (Å²) in [5, 5.41) is 3.92. The largest absolute Gasteiger partial charge is 0.354 e. The molecule has 0 atom stereocenters. The number of hydrogen-bond acceptors (Lipinski definition) is 6. The van der Waals surface area contributed by atoms with E-state index in [-0.39, 0.29) is 11.2 Å². The quantitative estimate of drug-likeness (QED) is 0.689. The van der Waals surface area contributed by atoms with Crippen LogP contribution >= 0.6 is 0 Å². The third kappa shape index (κ3) is 4.37. The van der Waals surface area contributed by atoms with Crippen molar-refractivity contribution in [3.8, 4) is 0 Å². The molecule has 0 spiro atoms. The molecule has 0 unspecified atom stereocenters. The van der Waals surface area contributed by atoms with Gasteiger partial charge in [-0.25, -0.2) is 14.5 Å². The summed E-state index contributed by atoms with van der Waals surface area (Å²) >= 11 is 0. The normalized spacial score (nSPS) is 15.4. The number of pyridine rings is 1. The maximum atomic E-state index is 11.9. The lowest BCUT2D eigenvalue weighted by Gasteiger charge is -2.35. The molecule has 26 heavy (non-hydrogen) atoms. The Hall–Kier alpha value is -2.48. The highest BCUT2D eigenvalue weighted by molar-refractivity contribution is 5.39. The Balaban J connectivity index is 1.41. The summed E-state index contributed by atoms with van der Waals surface area (Å²) in [6, 6.07) is 6.14. The Morgan fingerprint density at radius 2 is 1.77 bits per heavy atom. The molecular weight excluding hydrogens is 332 g/mol. The molecule has 3 rings (SSSR count). The van der Waals surface area contributed by atoms with Crippen molar-refractivity contribution < 1.29 is 0 Å². The van der Waals surface area contributed by atoms with Gasteiger partial charge in [-0.3, -0.25) is 14.3 Å². The van der Waals surface area contributed by atoms with E-state index < -0.39 is 0 Å². The van der Waals surface area contributed by atoms with Crippen molar-refractivity contribution in [1.82, 2.24) is 24.2 Å². The van der Waals surface area contributed by atoms with Crippen molar-refractivity contribution in [2.24, 2.45) is 7.05 Å². The van der Waals surface area contributed by atoms with Gasteiger partial charge in [-0.1, -0.05) is 6.07 Å². The highest BCUT2D eigenvalue weighted by Gasteiger charge is 2.17. The molecule has 0 saturated carbocycles. The van der Waals surface area contributed by atoms with Crippen LogP contribution in [0.5, 0.6) is 0 Å². The Bertz CT molecular complexity index is 851. The zero-order valence-corrected chi connectivity index (χ0v) is 15.5. The Labute approximate surface area is 152 Å². The van der Waals surface area contributed by atoms with Gasteiger partial charge in [0.1, 0.15) is 12.0 Å². The lowest BCUT2D eigenvalue weighted by molar-refractivity contribution is 0.249. The summed E-state index contributed by atoms with van der Waals surface area (Å²) < 4.78 is 2.45. The van der Waals surface area contributed by atoms with Gasteiger partial charge in [0.15, 0.2) is 0 Å². The van der Waals surface area contributed by atoms with E-state index in [9.17, 15) is 9.59 Å². The van der Waals surface area contributed by atoms with E-state index in [1.165, 1.54) is 17.9 Å². The minimum Gasteiger partial charge on any atom is -0.354 e. The van der Waals surface area contributed by atoms with Gasteiger partial charge in [-0.05, 0) is 38.4 Å². The van der Waals surface area contributed by atoms with E-state index in [4.69, 9.17) is 0 Å². The van der Waals surface area contributed by atoms with Crippen LogP contribution in [0.3, 0.4) is 0 Å². The fourth-order valence-electron chi connectivity index (χ4n) is 3.18. The summed E-state index contributed by atoms with van der Waals surface area (Å²) in [6.07, 6.45) is 3.06. The summed E-state index contributed by atoms with van der Waals surface area (Å²) in [7, 11) is 1.48. The smallest absolute Gasteiger partial charge is 0.347 e. The van der Waals surface area contributed by atoms with E-state index in [1.807, 2.05) is 13.0 Å². The van der Waals surface area contributed by atoms with Crippen LogP contribution in [0, 0.1) is 6.92 Å². The zero-order valence-electron chi connectivity index (χ0n) is 15.5. The number of nitrogens with zero attached hydrogens (tertiary/aromatic N) is 6. The van der Waals surface area contributed by atoms with Crippen LogP contribution in [-0.4, -0.2) is 57.0 Å². The zero-order chi connectivity index (χ0) is 18.5. The van der Waals surface area contributed by atoms with E-state index >= 15 is 0 Å². The van der Waals surface area contributed by atoms with Crippen LogP contribution in [-0.2, 0) is 13.6 Å². The van der Waals surface area contributed by atoms with Gasteiger partial charge in [0.2, 0.25) is 0 Å². The topological polar surface area (TPSA) is 76.3 Å². The van der Waals surface area contributed by atoms with E-state index in [0.717, 1.165) is 61.6 Å². The standard InChI is InChI=1S/C18H26N6O2/c1-15-6-5-7-16(20-15)23-12-10-22(11-13-23)8-3-4-9-24-18(26)21(2)17(25)14-19-24/h5-7,14H,3-4,8-13H2,1-2H3.